The fourth-order valence-electron chi connectivity index (χ4n) is 4.00. The molecule has 0 fully saturated rings. The molecule has 0 saturated heterocycles. The molecule has 0 saturated carbocycles. The first-order valence-electron chi connectivity index (χ1n) is 11.8. The maximum absolute atomic E-state index is 12.9. The lowest BCUT2D eigenvalue weighted by Gasteiger charge is -2.27. The van der Waals surface area contributed by atoms with E-state index in [0.717, 1.165) is 16.8 Å². The third kappa shape index (κ3) is 5.26. The summed E-state index contributed by atoms with van der Waals surface area (Å²) < 4.78 is 12.7. The second-order valence-electron chi connectivity index (χ2n) is 8.47. The van der Waals surface area contributed by atoms with E-state index in [2.05, 4.69) is 20.9 Å². The summed E-state index contributed by atoms with van der Waals surface area (Å²) in [5.41, 5.74) is 4.92. The van der Waals surface area contributed by atoms with Crippen LogP contribution in [-0.4, -0.2) is 28.4 Å². The summed E-state index contributed by atoms with van der Waals surface area (Å²) in [6.45, 7) is 4.79. The van der Waals surface area contributed by atoms with E-state index in [4.69, 9.17) is 14.9 Å². The number of aryl methyl sites for hydroxylation is 1. The van der Waals surface area contributed by atoms with Crippen molar-refractivity contribution in [1.82, 2.24) is 4.90 Å². The number of ether oxygens (including phenoxy) is 2. The van der Waals surface area contributed by atoms with Gasteiger partial charge in [0, 0.05) is 5.41 Å². The van der Waals surface area contributed by atoms with Crippen LogP contribution in [0.1, 0.15) is 29.2 Å². The fourth-order valence-corrected chi connectivity index (χ4v) is 5.46. The molecular weight excluding hydrogens is 550 g/mol. The number of nitrogens with one attached hydrogen (secondary N) is 1. The van der Waals surface area contributed by atoms with Gasteiger partial charge in [-0.2, -0.15) is 4.99 Å². The molecule has 0 spiro atoms. The number of amidine groups is 2. The van der Waals surface area contributed by atoms with Crippen molar-refractivity contribution in [2.24, 2.45) is 4.99 Å². The minimum atomic E-state index is -0.444. The van der Waals surface area contributed by atoms with Gasteiger partial charge in [0.15, 0.2) is 16.7 Å². The average Bonchev–Trinajstić information content (AvgIpc) is 3.32. The quantitative estimate of drug-likeness (QED) is 0.307. The molecule has 2 aliphatic heterocycles. The Morgan fingerprint density at radius 3 is 2.57 bits per heavy atom. The largest absolute Gasteiger partial charge is 0.490 e. The van der Waals surface area contributed by atoms with E-state index in [1.165, 1.54) is 17.3 Å². The molecule has 3 aromatic carbocycles. The maximum atomic E-state index is 12.9. The number of amides is 1. The minimum Gasteiger partial charge on any atom is -0.490 e. The van der Waals surface area contributed by atoms with Gasteiger partial charge >= 0.3 is 0 Å². The van der Waals surface area contributed by atoms with Gasteiger partial charge in [-0.25, -0.2) is 0 Å². The summed E-state index contributed by atoms with van der Waals surface area (Å²) in [7, 11) is 0. The number of hydrogen-bond acceptors (Lipinski definition) is 5. The maximum Gasteiger partial charge on any atom is 0.283 e. The standard InChI is InChI=1S/C29H24BrN3O3S/c1-3-35-25-15-20(14-23(30)26(25)36-16-19-11-9-18(2)10-12-19)13-22-27(31)33-24(21-7-5-4-6-8-21)17-37-29(33)32-28(22)34/h4-15,17,31H,3,16H2,1-2H3. The van der Waals surface area contributed by atoms with Crippen LogP contribution >= 0.6 is 27.7 Å². The first-order valence-corrected chi connectivity index (χ1v) is 13.4. The number of carbonyl (C=O) groups excluding carboxylic acids is 1. The lowest BCUT2D eigenvalue weighted by atomic mass is 10.1. The Balaban J connectivity index is 1.45. The number of thioether (sulfide) groups is 1. The number of nitrogens with zero attached hydrogens (tertiary/aromatic N) is 2. The second-order valence-corrected chi connectivity index (χ2v) is 10.2. The van der Waals surface area contributed by atoms with Crippen molar-refractivity contribution in [1.29, 1.82) is 5.41 Å². The van der Waals surface area contributed by atoms with Crippen LogP contribution in [-0.2, 0) is 11.4 Å². The minimum absolute atomic E-state index is 0.0869. The summed E-state index contributed by atoms with van der Waals surface area (Å²) in [5.74, 6) is 0.778. The first-order chi connectivity index (χ1) is 17.9. The number of halogens is 1. The molecule has 1 amide bonds. The molecule has 0 atom stereocenters. The van der Waals surface area contributed by atoms with E-state index >= 15 is 0 Å². The van der Waals surface area contributed by atoms with Crippen LogP contribution in [0, 0.1) is 12.3 Å². The number of benzene rings is 3. The van der Waals surface area contributed by atoms with Gasteiger partial charge < -0.3 is 9.47 Å². The summed E-state index contributed by atoms with van der Waals surface area (Å²) >= 11 is 4.95. The number of rotatable bonds is 7. The van der Waals surface area contributed by atoms with Gasteiger partial charge in [0.05, 0.1) is 22.3 Å². The predicted molar refractivity (Wildman–Crippen MR) is 153 cm³/mol. The normalized spacial score (nSPS) is 16.0. The lowest BCUT2D eigenvalue weighted by molar-refractivity contribution is -0.114. The SMILES string of the molecule is CCOc1cc(C=C2C(=N)N3C(c4ccccc4)=CSC3=NC2=O)cc(Br)c1OCc1ccc(C)cc1. The number of aliphatic imine (C=N–C) groups is 1. The van der Waals surface area contributed by atoms with Gasteiger partial charge in [-0.05, 0) is 64.7 Å². The molecule has 0 bridgehead atoms. The van der Waals surface area contributed by atoms with E-state index < -0.39 is 5.91 Å². The summed E-state index contributed by atoms with van der Waals surface area (Å²) in [5, 5.41) is 11.3. The Hall–Kier alpha value is -3.62. The van der Waals surface area contributed by atoms with Crippen LogP contribution in [0.25, 0.3) is 11.8 Å². The van der Waals surface area contributed by atoms with Crippen molar-refractivity contribution < 1.29 is 14.3 Å². The second kappa shape index (κ2) is 10.8. The topological polar surface area (TPSA) is 75.0 Å². The molecule has 0 aromatic heterocycles. The van der Waals surface area contributed by atoms with Gasteiger partial charge in [0.2, 0.25) is 0 Å². The first kappa shape index (κ1) is 25.0. The van der Waals surface area contributed by atoms with E-state index in [0.29, 0.717) is 39.9 Å². The lowest BCUT2D eigenvalue weighted by Crippen LogP contribution is -2.38. The molecular formula is C29H24BrN3O3S. The highest BCUT2D eigenvalue weighted by atomic mass is 79.9. The molecule has 6 nitrogen and oxygen atoms in total. The van der Waals surface area contributed by atoms with E-state index in [-0.39, 0.29) is 11.4 Å². The van der Waals surface area contributed by atoms with Crippen molar-refractivity contribution in [3.8, 4) is 11.5 Å². The Labute approximate surface area is 228 Å². The average molecular weight is 575 g/mol. The van der Waals surface area contributed by atoms with Gasteiger partial charge in [-0.1, -0.05) is 71.9 Å². The van der Waals surface area contributed by atoms with Crippen LogP contribution in [0.5, 0.6) is 11.5 Å². The highest BCUT2D eigenvalue weighted by molar-refractivity contribution is 9.10. The molecule has 1 N–H and O–H groups in total. The molecule has 5 rings (SSSR count). The Morgan fingerprint density at radius 2 is 1.84 bits per heavy atom. The number of fused-ring (bicyclic) bond motifs is 1. The number of carbonyl (C=O) groups is 1. The van der Waals surface area contributed by atoms with Crippen LogP contribution in [0.2, 0.25) is 0 Å². The molecule has 3 aromatic rings. The van der Waals surface area contributed by atoms with Gasteiger partial charge in [-0.15, -0.1) is 0 Å². The molecule has 0 aliphatic carbocycles. The Morgan fingerprint density at radius 1 is 1.08 bits per heavy atom. The molecule has 2 heterocycles. The smallest absolute Gasteiger partial charge is 0.283 e. The van der Waals surface area contributed by atoms with Crippen molar-refractivity contribution >= 4 is 56.4 Å². The molecule has 0 radical (unpaired) electrons. The summed E-state index contributed by atoms with van der Waals surface area (Å²) in [4.78, 5) is 18.9. The Bertz CT molecular complexity index is 1460. The molecule has 37 heavy (non-hydrogen) atoms. The predicted octanol–water partition coefficient (Wildman–Crippen LogP) is 7.04. The van der Waals surface area contributed by atoms with Gasteiger partial charge in [-0.3, -0.25) is 15.1 Å². The van der Waals surface area contributed by atoms with Crippen LogP contribution in [0.4, 0.5) is 0 Å². The summed E-state index contributed by atoms with van der Waals surface area (Å²) in [6, 6.07) is 21.6. The van der Waals surface area contributed by atoms with Crippen molar-refractivity contribution in [3.63, 3.8) is 0 Å². The van der Waals surface area contributed by atoms with Crippen LogP contribution < -0.4 is 9.47 Å². The number of hydrogen-bond donors (Lipinski definition) is 1. The van der Waals surface area contributed by atoms with Crippen LogP contribution in [0.15, 0.2) is 87.2 Å². The van der Waals surface area contributed by atoms with E-state index in [1.807, 2.05) is 86.0 Å². The highest BCUT2D eigenvalue weighted by Gasteiger charge is 2.36. The fraction of sp³-hybridized carbons (Fsp3) is 0.138. The Kier molecular flexibility index (Phi) is 7.30. The zero-order chi connectivity index (χ0) is 25.9. The molecule has 2 aliphatic rings. The van der Waals surface area contributed by atoms with E-state index in [1.54, 1.807) is 11.0 Å². The summed E-state index contributed by atoms with van der Waals surface area (Å²) in [6.07, 6.45) is 1.67. The monoisotopic (exact) mass is 573 g/mol. The molecule has 186 valence electrons. The van der Waals surface area contributed by atoms with Crippen molar-refractivity contribution in [3.05, 3.63) is 104 Å². The zero-order valence-corrected chi connectivity index (χ0v) is 22.7. The highest BCUT2D eigenvalue weighted by Crippen LogP contribution is 2.40. The van der Waals surface area contributed by atoms with Gasteiger partial charge in [0.1, 0.15) is 12.4 Å². The van der Waals surface area contributed by atoms with Gasteiger partial charge in [0.25, 0.3) is 5.91 Å². The van der Waals surface area contributed by atoms with Crippen LogP contribution in [0.3, 0.4) is 0 Å². The van der Waals surface area contributed by atoms with E-state index in [9.17, 15) is 4.79 Å². The molecule has 0 unspecified atom stereocenters. The van der Waals surface area contributed by atoms with Crippen molar-refractivity contribution in [2.45, 2.75) is 20.5 Å². The van der Waals surface area contributed by atoms with Crippen molar-refractivity contribution in [2.75, 3.05) is 6.61 Å². The zero-order valence-electron chi connectivity index (χ0n) is 20.3. The third-order valence-corrected chi connectivity index (χ3v) is 7.25. The third-order valence-electron chi connectivity index (χ3n) is 5.83. The molecule has 8 heteroatoms.